The fourth-order valence-corrected chi connectivity index (χ4v) is 15.2. The summed E-state index contributed by atoms with van der Waals surface area (Å²) < 4.78 is 27.6. The van der Waals surface area contributed by atoms with E-state index >= 15 is 0 Å². The molecule has 4 aromatic heterocycles. The Kier molecular flexibility index (Phi) is 10.9. The summed E-state index contributed by atoms with van der Waals surface area (Å²) in [4.78, 5) is 4.97. The zero-order valence-electron chi connectivity index (χ0n) is 48.3. The van der Waals surface area contributed by atoms with Crippen LogP contribution in [0.1, 0.15) is 47.9 Å². The van der Waals surface area contributed by atoms with Crippen LogP contribution in [-0.4, -0.2) is 0 Å². The van der Waals surface area contributed by atoms with Gasteiger partial charge in [-0.05, 0) is 185 Å². The van der Waals surface area contributed by atoms with Crippen LogP contribution in [0.15, 0.2) is 260 Å². The van der Waals surface area contributed by atoms with Crippen molar-refractivity contribution in [2.75, 3.05) is 9.80 Å². The molecule has 0 saturated heterocycles. The van der Waals surface area contributed by atoms with Crippen molar-refractivity contribution in [1.82, 2.24) is 0 Å². The second kappa shape index (κ2) is 19.3. The van der Waals surface area contributed by atoms with Crippen LogP contribution >= 0.6 is 0 Å². The van der Waals surface area contributed by atoms with Crippen molar-refractivity contribution >= 4 is 143 Å². The largest absolute Gasteiger partial charge is 0.456 e. The van der Waals surface area contributed by atoms with Crippen molar-refractivity contribution < 1.29 is 17.7 Å². The van der Waals surface area contributed by atoms with Crippen molar-refractivity contribution in [3.63, 3.8) is 0 Å². The van der Waals surface area contributed by atoms with Crippen LogP contribution in [0.3, 0.4) is 0 Å². The molecular formula is C82H56N2O4. The Labute approximate surface area is 506 Å². The number of nitrogens with zero attached hydrogens (tertiary/aromatic N) is 2. The second-order valence-electron chi connectivity index (χ2n) is 24.3. The van der Waals surface area contributed by atoms with E-state index in [0.29, 0.717) is 0 Å². The van der Waals surface area contributed by atoms with Gasteiger partial charge >= 0.3 is 0 Å². The molecule has 0 radical (unpaired) electrons. The third kappa shape index (κ3) is 7.61. The maximum Gasteiger partial charge on any atom is 0.159 e. The first kappa shape index (κ1) is 49.4. The highest BCUT2D eigenvalue weighted by Crippen LogP contribution is 2.52. The first-order chi connectivity index (χ1) is 43.6. The molecule has 418 valence electrons. The summed E-state index contributed by atoms with van der Waals surface area (Å²) in [7, 11) is 0. The normalized spacial score (nSPS) is 13.5. The predicted octanol–water partition coefficient (Wildman–Crippen LogP) is 23.6. The van der Waals surface area contributed by atoms with E-state index in [9.17, 15) is 0 Å². The van der Waals surface area contributed by atoms with Gasteiger partial charge in [0, 0.05) is 71.7 Å². The maximum atomic E-state index is 6.91. The Morgan fingerprint density at radius 1 is 0.261 bits per heavy atom. The lowest BCUT2D eigenvalue weighted by atomic mass is 9.86. The Balaban J connectivity index is 0.755. The van der Waals surface area contributed by atoms with Crippen molar-refractivity contribution in [2.24, 2.45) is 0 Å². The number of aryl methyl sites for hydroxylation is 2. The molecule has 2 aliphatic rings. The monoisotopic (exact) mass is 1130 g/mol. The van der Waals surface area contributed by atoms with E-state index in [-0.39, 0.29) is 0 Å². The number of furan rings is 4. The SMILES string of the molecule is c1ccc(-c2ccc3c(c2N(c2ccc4cc5c(cc4c2)oc2cc4oc6cc7cc(N(c8c(-c9ccccc9)ccc9c8CCCC9)c8cccc9c8oc8ccccc89)ccc7cc6c4cc25)c2cccc4c2oc2ccccc24)CCCC3)cc1. The Bertz CT molecular complexity index is 5380. The van der Waals surface area contributed by atoms with Crippen molar-refractivity contribution in [3.8, 4) is 22.3 Å². The van der Waals surface area contributed by atoms with Gasteiger partial charge in [-0.15, -0.1) is 0 Å². The number of rotatable bonds is 8. The summed E-state index contributed by atoms with van der Waals surface area (Å²) in [6.45, 7) is 0. The topological polar surface area (TPSA) is 59.0 Å². The minimum Gasteiger partial charge on any atom is -0.456 e. The van der Waals surface area contributed by atoms with Gasteiger partial charge in [0.15, 0.2) is 11.2 Å². The lowest BCUT2D eigenvalue weighted by Crippen LogP contribution is -2.17. The average molecular weight is 1130 g/mol. The fraction of sp³-hybridized carbons (Fsp3) is 0.0976. The zero-order chi connectivity index (χ0) is 57.6. The molecule has 0 atom stereocenters. The lowest BCUT2D eigenvalue weighted by molar-refractivity contribution is 0.656. The smallest absolute Gasteiger partial charge is 0.159 e. The quantitative estimate of drug-likeness (QED) is 0.151. The molecule has 0 amide bonds. The summed E-state index contributed by atoms with van der Waals surface area (Å²) in [6.07, 6.45) is 8.82. The van der Waals surface area contributed by atoms with Crippen LogP contribution < -0.4 is 9.80 Å². The molecule has 6 nitrogen and oxygen atoms in total. The number of para-hydroxylation sites is 4. The van der Waals surface area contributed by atoms with E-state index in [0.717, 1.165) is 171 Å². The van der Waals surface area contributed by atoms with Crippen LogP contribution in [0.2, 0.25) is 0 Å². The van der Waals surface area contributed by atoms with Gasteiger partial charge in [0.05, 0.1) is 22.7 Å². The molecule has 0 fully saturated rings. The summed E-state index contributed by atoms with van der Waals surface area (Å²) in [5, 5.41) is 13.1. The van der Waals surface area contributed by atoms with Crippen LogP contribution in [0.4, 0.5) is 34.1 Å². The van der Waals surface area contributed by atoms with Gasteiger partial charge in [-0.1, -0.05) is 158 Å². The number of benzene rings is 13. The average Bonchev–Trinajstić information content (AvgIpc) is 1.78. The number of anilines is 6. The molecule has 4 heterocycles. The first-order valence-electron chi connectivity index (χ1n) is 31.1. The van der Waals surface area contributed by atoms with Crippen LogP contribution in [0.25, 0.3) is 132 Å². The summed E-state index contributed by atoms with van der Waals surface area (Å²) in [5.74, 6) is 0. The Hall–Kier alpha value is -10.8. The maximum absolute atomic E-state index is 6.91. The number of fused-ring (bicyclic) bond motifs is 16. The molecule has 0 saturated carbocycles. The highest BCUT2D eigenvalue weighted by Gasteiger charge is 2.30. The van der Waals surface area contributed by atoms with E-state index in [4.69, 9.17) is 17.7 Å². The predicted molar refractivity (Wildman–Crippen MR) is 364 cm³/mol. The number of hydrogen-bond donors (Lipinski definition) is 0. The highest BCUT2D eigenvalue weighted by atomic mass is 16.3. The summed E-state index contributed by atoms with van der Waals surface area (Å²) >= 11 is 0. The minimum absolute atomic E-state index is 0.793. The molecule has 17 aromatic rings. The van der Waals surface area contributed by atoms with Gasteiger partial charge in [-0.2, -0.15) is 0 Å². The van der Waals surface area contributed by atoms with Crippen molar-refractivity contribution in [1.29, 1.82) is 0 Å². The highest BCUT2D eigenvalue weighted by molar-refractivity contribution is 6.20. The fourth-order valence-electron chi connectivity index (χ4n) is 15.2. The van der Waals surface area contributed by atoms with Crippen LogP contribution in [-0.2, 0) is 25.7 Å². The van der Waals surface area contributed by atoms with Gasteiger partial charge in [0.2, 0.25) is 0 Å². The molecule has 13 aromatic carbocycles. The van der Waals surface area contributed by atoms with Crippen molar-refractivity contribution in [2.45, 2.75) is 51.4 Å². The molecule has 6 heteroatoms. The number of hydrogen-bond acceptors (Lipinski definition) is 6. The zero-order valence-corrected chi connectivity index (χ0v) is 48.3. The van der Waals surface area contributed by atoms with E-state index in [1.54, 1.807) is 0 Å². The second-order valence-corrected chi connectivity index (χ2v) is 24.3. The first-order valence-corrected chi connectivity index (χ1v) is 31.1. The molecule has 88 heavy (non-hydrogen) atoms. The summed E-state index contributed by atoms with van der Waals surface area (Å²) in [5.41, 5.74) is 23.8. The van der Waals surface area contributed by atoms with Crippen LogP contribution in [0.5, 0.6) is 0 Å². The molecule has 19 rings (SSSR count). The third-order valence-electron chi connectivity index (χ3n) is 19.3. The molecule has 2 aliphatic carbocycles. The van der Waals surface area contributed by atoms with Gasteiger partial charge in [-0.25, -0.2) is 0 Å². The van der Waals surface area contributed by atoms with Gasteiger partial charge in [0.25, 0.3) is 0 Å². The van der Waals surface area contributed by atoms with Gasteiger partial charge in [-0.3, -0.25) is 0 Å². The van der Waals surface area contributed by atoms with E-state index < -0.39 is 0 Å². The Morgan fingerprint density at radius 3 is 1.17 bits per heavy atom. The molecule has 0 spiro atoms. The van der Waals surface area contributed by atoms with Gasteiger partial charge in [0.1, 0.15) is 33.5 Å². The van der Waals surface area contributed by atoms with Gasteiger partial charge < -0.3 is 27.5 Å². The van der Waals surface area contributed by atoms with E-state index in [1.807, 2.05) is 0 Å². The molecule has 0 unspecified atom stereocenters. The van der Waals surface area contributed by atoms with Crippen molar-refractivity contribution in [3.05, 3.63) is 265 Å². The summed E-state index contributed by atoms with van der Waals surface area (Å²) in [6, 6.07) is 88.4. The third-order valence-corrected chi connectivity index (χ3v) is 19.3. The molecular weight excluding hydrogens is 1080 g/mol. The standard InChI is InChI=1S/C82H56N2O4/c1-3-17-49(18-4-1)61-39-35-51-21-7-9-23-59(51)79(61)83(71-29-15-27-65-63-25-11-13-31-73(63)87-81(65)71)57-37-33-53-43-67-69-47-70-68-44-54-34-38-58(42-56(54)46-76(68)86-78(70)48-77(69)85-75(67)45-55(53)41-57)84(72-30-16-28-66-64-26-12-14-32-74(64)88-82(66)72)80-60-24-10-8-22-52(60)36-40-62(80)50-19-5-2-6-20-50/h1-6,11-20,25-48H,7-10,21-24H2. The molecule has 0 aliphatic heterocycles. The molecule has 0 bridgehead atoms. The van der Waals surface area contributed by atoms with E-state index in [2.05, 4.69) is 252 Å². The van der Waals surface area contributed by atoms with Crippen LogP contribution in [0, 0.1) is 0 Å². The van der Waals surface area contributed by atoms with E-state index in [1.165, 1.54) is 68.7 Å². The molecule has 0 N–H and O–H groups in total. The lowest BCUT2D eigenvalue weighted by Gasteiger charge is -2.33. The minimum atomic E-state index is 0.793. The Morgan fingerprint density at radius 2 is 0.682 bits per heavy atom.